The van der Waals surface area contributed by atoms with Crippen molar-refractivity contribution in [3.05, 3.63) is 30.0 Å². The molecule has 102 valence electrons. The van der Waals surface area contributed by atoms with Crippen molar-refractivity contribution in [1.82, 2.24) is 15.5 Å². The number of nitrogens with two attached hydrogens (primary N) is 1. The molecule has 19 heavy (non-hydrogen) atoms. The van der Waals surface area contributed by atoms with Crippen molar-refractivity contribution in [1.29, 1.82) is 0 Å². The van der Waals surface area contributed by atoms with Crippen molar-refractivity contribution in [2.24, 2.45) is 5.73 Å². The highest BCUT2D eigenvalue weighted by Gasteiger charge is 2.18. The van der Waals surface area contributed by atoms with E-state index in [1.807, 2.05) is 0 Å². The number of hydrogen-bond acceptors (Lipinski definition) is 7. The molecule has 0 aliphatic rings. The van der Waals surface area contributed by atoms with Crippen LogP contribution in [-0.2, 0) is 17.9 Å². The number of furan rings is 1. The number of carbonyl (C=O) groups is 1. The minimum atomic E-state index is -0.346. The van der Waals surface area contributed by atoms with Crippen LogP contribution in [0.1, 0.15) is 18.6 Å². The molecular formula is C11H14N4O3S. The standard InChI is InChI=1S/C11H14N4O3S/c1-7(19-11-15-14-9(5-12)18-11)10(16)13-6-8-3-2-4-17-8/h2-4,7H,5-6,12H2,1H3,(H,13,16). The van der Waals surface area contributed by atoms with Crippen LogP contribution in [0, 0.1) is 0 Å². The summed E-state index contributed by atoms with van der Waals surface area (Å²) >= 11 is 1.19. The van der Waals surface area contributed by atoms with Gasteiger partial charge in [-0.1, -0.05) is 11.8 Å². The average molecular weight is 282 g/mol. The highest BCUT2D eigenvalue weighted by Crippen LogP contribution is 2.21. The molecule has 0 aliphatic carbocycles. The van der Waals surface area contributed by atoms with Crippen molar-refractivity contribution in [3.63, 3.8) is 0 Å². The fourth-order valence-electron chi connectivity index (χ4n) is 1.30. The van der Waals surface area contributed by atoms with E-state index in [1.165, 1.54) is 11.8 Å². The lowest BCUT2D eigenvalue weighted by Gasteiger charge is -2.08. The summed E-state index contributed by atoms with van der Waals surface area (Å²) in [5.74, 6) is 0.924. The zero-order valence-electron chi connectivity index (χ0n) is 10.3. The Morgan fingerprint density at radius 2 is 2.42 bits per heavy atom. The lowest BCUT2D eigenvalue weighted by molar-refractivity contribution is -0.120. The van der Waals surface area contributed by atoms with Crippen molar-refractivity contribution in [2.45, 2.75) is 30.5 Å². The number of thioether (sulfide) groups is 1. The van der Waals surface area contributed by atoms with Crippen LogP contribution in [0.15, 0.2) is 32.5 Å². The topological polar surface area (TPSA) is 107 Å². The van der Waals surface area contributed by atoms with Crippen LogP contribution in [0.5, 0.6) is 0 Å². The van der Waals surface area contributed by atoms with Gasteiger partial charge in [-0.25, -0.2) is 0 Å². The summed E-state index contributed by atoms with van der Waals surface area (Å²) in [6.07, 6.45) is 1.56. The Bertz CT molecular complexity index is 526. The van der Waals surface area contributed by atoms with Crippen LogP contribution >= 0.6 is 11.8 Å². The first-order valence-electron chi connectivity index (χ1n) is 5.68. The van der Waals surface area contributed by atoms with Gasteiger partial charge >= 0.3 is 0 Å². The maximum atomic E-state index is 11.8. The van der Waals surface area contributed by atoms with Crippen LogP contribution in [0.2, 0.25) is 0 Å². The number of amides is 1. The zero-order chi connectivity index (χ0) is 13.7. The van der Waals surface area contributed by atoms with E-state index in [1.54, 1.807) is 25.3 Å². The Balaban J connectivity index is 1.81. The molecule has 0 aromatic carbocycles. The normalized spacial score (nSPS) is 12.3. The fraction of sp³-hybridized carbons (Fsp3) is 0.364. The third-order valence-electron chi connectivity index (χ3n) is 2.29. The van der Waals surface area contributed by atoms with Gasteiger partial charge in [-0.05, 0) is 19.1 Å². The summed E-state index contributed by atoms with van der Waals surface area (Å²) in [6.45, 7) is 2.30. The maximum absolute atomic E-state index is 11.8. The molecule has 0 aliphatic heterocycles. The minimum absolute atomic E-state index is 0.131. The smallest absolute Gasteiger partial charge is 0.277 e. The summed E-state index contributed by atoms with van der Waals surface area (Å²) in [7, 11) is 0. The Kier molecular flexibility index (Phi) is 4.58. The van der Waals surface area contributed by atoms with Gasteiger partial charge in [0, 0.05) is 0 Å². The molecule has 8 heteroatoms. The van der Waals surface area contributed by atoms with Crippen LogP contribution in [0.4, 0.5) is 0 Å². The zero-order valence-corrected chi connectivity index (χ0v) is 11.1. The summed E-state index contributed by atoms with van der Waals surface area (Å²) < 4.78 is 10.3. The fourth-order valence-corrected chi connectivity index (χ4v) is 2.03. The van der Waals surface area contributed by atoms with Gasteiger partial charge in [-0.3, -0.25) is 4.79 Å². The van der Waals surface area contributed by atoms with E-state index < -0.39 is 0 Å². The number of rotatable bonds is 6. The van der Waals surface area contributed by atoms with Crippen molar-refractivity contribution in [2.75, 3.05) is 0 Å². The SMILES string of the molecule is CC(Sc1nnc(CN)o1)C(=O)NCc1ccco1. The monoisotopic (exact) mass is 282 g/mol. The summed E-state index contributed by atoms with van der Waals surface area (Å²) in [5.41, 5.74) is 5.36. The molecule has 0 saturated carbocycles. The molecule has 0 fully saturated rings. The lowest BCUT2D eigenvalue weighted by Crippen LogP contribution is -2.30. The first-order valence-corrected chi connectivity index (χ1v) is 6.56. The minimum Gasteiger partial charge on any atom is -0.467 e. The van der Waals surface area contributed by atoms with Gasteiger partial charge in [0.25, 0.3) is 5.22 Å². The van der Waals surface area contributed by atoms with E-state index in [4.69, 9.17) is 14.6 Å². The van der Waals surface area contributed by atoms with E-state index >= 15 is 0 Å². The third kappa shape index (κ3) is 3.83. The molecule has 2 rings (SSSR count). The molecule has 2 aromatic heterocycles. The Hall–Kier alpha value is -1.80. The number of nitrogens with zero attached hydrogens (tertiary/aromatic N) is 2. The molecule has 0 saturated heterocycles. The van der Waals surface area contributed by atoms with Crippen LogP contribution in [0.3, 0.4) is 0 Å². The molecule has 2 heterocycles. The highest BCUT2D eigenvalue weighted by atomic mass is 32.2. The van der Waals surface area contributed by atoms with Crippen LogP contribution < -0.4 is 11.1 Å². The molecule has 0 bridgehead atoms. The Morgan fingerprint density at radius 1 is 1.58 bits per heavy atom. The summed E-state index contributed by atoms with van der Waals surface area (Å²) in [4.78, 5) is 11.8. The van der Waals surface area contributed by atoms with Crippen molar-refractivity contribution < 1.29 is 13.6 Å². The Morgan fingerprint density at radius 3 is 3.05 bits per heavy atom. The molecular weight excluding hydrogens is 268 g/mol. The molecule has 7 nitrogen and oxygen atoms in total. The molecule has 1 amide bonds. The molecule has 2 aromatic rings. The average Bonchev–Trinajstić information content (AvgIpc) is 3.06. The van der Waals surface area contributed by atoms with E-state index in [9.17, 15) is 4.79 Å². The summed E-state index contributed by atoms with van der Waals surface area (Å²) in [5, 5.41) is 10.3. The van der Waals surface area contributed by atoms with E-state index in [0.29, 0.717) is 23.4 Å². The molecule has 0 radical (unpaired) electrons. The molecule has 1 atom stereocenters. The molecule has 0 spiro atoms. The maximum Gasteiger partial charge on any atom is 0.277 e. The van der Waals surface area contributed by atoms with Gasteiger partial charge in [0.05, 0.1) is 24.6 Å². The quantitative estimate of drug-likeness (QED) is 0.758. The lowest BCUT2D eigenvalue weighted by atomic mass is 10.4. The van der Waals surface area contributed by atoms with E-state index in [0.717, 1.165) is 0 Å². The van der Waals surface area contributed by atoms with E-state index in [2.05, 4.69) is 15.5 Å². The first-order chi connectivity index (χ1) is 9.19. The molecule has 1 unspecified atom stereocenters. The van der Waals surface area contributed by atoms with Crippen molar-refractivity contribution in [3.8, 4) is 0 Å². The highest BCUT2D eigenvalue weighted by molar-refractivity contribution is 8.00. The van der Waals surface area contributed by atoms with Crippen LogP contribution in [0.25, 0.3) is 0 Å². The van der Waals surface area contributed by atoms with Gasteiger partial charge in [-0.15, -0.1) is 10.2 Å². The van der Waals surface area contributed by atoms with Gasteiger partial charge in [0.15, 0.2) is 0 Å². The number of aromatic nitrogens is 2. The van der Waals surface area contributed by atoms with Crippen molar-refractivity contribution >= 4 is 17.7 Å². The third-order valence-corrected chi connectivity index (χ3v) is 3.22. The Labute approximate surface area is 113 Å². The predicted molar refractivity (Wildman–Crippen MR) is 68.1 cm³/mol. The number of nitrogens with one attached hydrogen (secondary N) is 1. The van der Waals surface area contributed by atoms with E-state index in [-0.39, 0.29) is 17.7 Å². The van der Waals surface area contributed by atoms with Gasteiger partial charge in [0.1, 0.15) is 5.76 Å². The second kappa shape index (κ2) is 6.39. The predicted octanol–water partition coefficient (Wildman–Crippen LogP) is 0.918. The second-order valence-corrected chi connectivity index (χ2v) is 5.02. The largest absolute Gasteiger partial charge is 0.467 e. The first kappa shape index (κ1) is 13.6. The molecule has 3 N–H and O–H groups in total. The van der Waals surface area contributed by atoms with Crippen LogP contribution in [-0.4, -0.2) is 21.4 Å². The van der Waals surface area contributed by atoms with Gasteiger partial charge in [-0.2, -0.15) is 0 Å². The second-order valence-electron chi connectivity index (χ2n) is 3.72. The van der Waals surface area contributed by atoms with Gasteiger partial charge < -0.3 is 19.9 Å². The number of hydrogen-bond donors (Lipinski definition) is 2. The number of carbonyl (C=O) groups excluding carboxylic acids is 1. The summed E-state index contributed by atoms with van der Waals surface area (Å²) in [6, 6.07) is 3.57. The van der Waals surface area contributed by atoms with Gasteiger partial charge in [0.2, 0.25) is 11.8 Å².